The van der Waals surface area contributed by atoms with E-state index in [9.17, 15) is 9.59 Å². The highest BCUT2D eigenvalue weighted by molar-refractivity contribution is 7.80. The van der Waals surface area contributed by atoms with E-state index in [-0.39, 0.29) is 16.9 Å². The summed E-state index contributed by atoms with van der Waals surface area (Å²) in [6.45, 7) is 1.59. The van der Waals surface area contributed by atoms with Crippen molar-refractivity contribution < 1.29 is 9.59 Å². The Morgan fingerprint density at radius 3 is 2.00 bits per heavy atom. The van der Waals surface area contributed by atoms with Gasteiger partial charge in [-0.15, -0.1) is 0 Å². The second kappa shape index (κ2) is 10.9. The number of likely N-dealkylation sites (tertiary alicyclic amines) is 1. The molecule has 0 atom stereocenters. The highest BCUT2D eigenvalue weighted by Crippen LogP contribution is 2.25. The monoisotopic (exact) mass is 457 g/mol. The molecular formula is C27H27N3O2S. The molecule has 5 nitrogen and oxygen atoms in total. The normalized spacial score (nSPS) is 13.4. The summed E-state index contributed by atoms with van der Waals surface area (Å²) in [7, 11) is 0. The molecule has 0 aliphatic carbocycles. The van der Waals surface area contributed by atoms with Crippen LogP contribution in [-0.4, -0.2) is 34.9 Å². The van der Waals surface area contributed by atoms with Crippen molar-refractivity contribution in [3.8, 4) is 0 Å². The van der Waals surface area contributed by atoms with Gasteiger partial charge < -0.3 is 15.5 Å². The lowest BCUT2D eigenvalue weighted by molar-refractivity contribution is -0.120. The Balaban J connectivity index is 1.45. The number of nitrogens with one attached hydrogen (secondary N) is 2. The van der Waals surface area contributed by atoms with Gasteiger partial charge in [0.2, 0.25) is 5.91 Å². The minimum Gasteiger partial charge on any atom is -0.339 e. The van der Waals surface area contributed by atoms with Crippen LogP contribution < -0.4 is 10.6 Å². The number of thiocarbonyl (C=S) groups is 1. The number of carbonyl (C=O) groups excluding carboxylic acids is 2. The van der Waals surface area contributed by atoms with E-state index in [1.54, 1.807) is 6.07 Å². The smallest absolute Gasteiger partial charge is 0.253 e. The molecule has 0 bridgehead atoms. The maximum Gasteiger partial charge on any atom is 0.253 e. The van der Waals surface area contributed by atoms with Crippen LogP contribution in [0.5, 0.6) is 0 Å². The largest absolute Gasteiger partial charge is 0.339 e. The Morgan fingerprint density at radius 1 is 0.788 bits per heavy atom. The van der Waals surface area contributed by atoms with Crippen LogP contribution in [0.4, 0.5) is 5.69 Å². The van der Waals surface area contributed by atoms with Crippen molar-refractivity contribution in [2.24, 2.45) is 0 Å². The topological polar surface area (TPSA) is 61.4 Å². The number of anilines is 1. The molecule has 168 valence electrons. The number of hydrogen-bond donors (Lipinski definition) is 2. The third kappa shape index (κ3) is 5.84. The molecule has 0 aromatic heterocycles. The number of benzene rings is 3. The van der Waals surface area contributed by atoms with Gasteiger partial charge in [-0.25, -0.2) is 0 Å². The Kier molecular flexibility index (Phi) is 7.47. The van der Waals surface area contributed by atoms with Crippen LogP contribution in [0.3, 0.4) is 0 Å². The number of amides is 2. The molecule has 1 aliphatic rings. The quantitative estimate of drug-likeness (QED) is 0.532. The van der Waals surface area contributed by atoms with E-state index in [1.807, 2.05) is 83.8 Å². The number of hydrogen-bond acceptors (Lipinski definition) is 3. The van der Waals surface area contributed by atoms with E-state index in [0.29, 0.717) is 11.3 Å². The minimum atomic E-state index is -0.487. The predicted molar refractivity (Wildman–Crippen MR) is 135 cm³/mol. The van der Waals surface area contributed by atoms with Gasteiger partial charge in [-0.05, 0) is 60.8 Å². The van der Waals surface area contributed by atoms with Crippen molar-refractivity contribution in [2.45, 2.75) is 25.2 Å². The molecule has 33 heavy (non-hydrogen) atoms. The molecule has 2 amide bonds. The first-order chi connectivity index (χ1) is 16.1. The van der Waals surface area contributed by atoms with E-state index in [4.69, 9.17) is 12.2 Å². The lowest BCUT2D eigenvalue weighted by Crippen LogP contribution is -2.38. The Bertz CT molecular complexity index is 1070. The summed E-state index contributed by atoms with van der Waals surface area (Å²) in [5.41, 5.74) is 3.05. The first kappa shape index (κ1) is 22.7. The summed E-state index contributed by atoms with van der Waals surface area (Å²) in [4.78, 5) is 27.9. The SMILES string of the molecule is O=C(NC(=S)Nc1cccc(C(=O)N2CCCCC2)c1)C(c1ccccc1)c1ccccc1. The molecular weight excluding hydrogens is 430 g/mol. The van der Waals surface area contributed by atoms with Crippen LogP contribution in [0, 0.1) is 0 Å². The van der Waals surface area contributed by atoms with Gasteiger partial charge in [0.15, 0.2) is 5.11 Å². The van der Waals surface area contributed by atoms with Gasteiger partial charge in [0.05, 0.1) is 5.92 Å². The van der Waals surface area contributed by atoms with Gasteiger partial charge in [-0.1, -0.05) is 66.7 Å². The second-order valence-electron chi connectivity index (χ2n) is 8.13. The zero-order valence-corrected chi connectivity index (χ0v) is 19.2. The van der Waals surface area contributed by atoms with Gasteiger partial charge >= 0.3 is 0 Å². The van der Waals surface area contributed by atoms with E-state index in [1.165, 1.54) is 6.42 Å². The summed E-state index contributed by atoms with van der Waals surface area (Å²) >= 11 is 5.43. The number of rotatable bonds is 5. The Hall–Kier alpha value is -3.51. The summed E-state index contributed by atoms with van der Waals surface area (Å²) in [5, 5.41) is 6.08. The van der Waals surface area contributed by atoms with Crippen molar-refractivity contribution in [3.05, 3.63) is 102 Å². The molecule has 0 unspecified atom stereocenters. The zero-order chi connectivity index (χ0) is 23.0. The summed E-state index contributed by atoms with van der Waals surface area (Å²) in [6, 6.07) is 26.5. The lowest BCUT2D eigenvalue weighted by Gasteiger charge is -2.26. The molecule has 1 aliphatic heterocycles. The zero-order valence-electron chi connectivity index (χ0n) is 18.4. The van der Waals surface area contributed by atoms with Gasteiger partial charge in [-0.2, -0.15) is 0 Å². The van der Waals surface area contributed by atoms with E-state index in [2.05, 4.69) is 10.6 Å². The van der Waals surface area contributed by atoms with Gasteiger partial charge in [-0.3, -0.25) is 9.59 Å². The fraction of sp³-hybridized carbons (Fsp3) is 0.222. The fourth-order valence-electron chi connectivity index (χ4n) is 4.14. The Labute approximate surface area is 199 Å². The van der Waals surface area contributed by atoms with Crippen molar-refractivity contribution in [3.63, 3.8) is 0 Å². The summed E-state index contributed by atoms with van der Waals surface area (Å²) in [6.07, 6.45) is 3.26. The highest BCUT2D eigenvalue weighted by atomic mass is 32.1. The molecule has 1 saturated heterocycles. The van der Waals surface area contributed by atoms with Crippen LogP contribution in [0.15, 0.2) is 84.9 Å². The number of nitrogens with zero attached hydrogens (tertiary/aromatic N) is 1. The standard InChI is InChI=1S/C27H27N3O2S/c31-25(24(20-11-4-1-5-12-20)21-13-6-2-7-14-21)29-27(33)28-23-16-10-15-22(19-23)26(32)30-17-8-3-9-18-30/h1-2,4-7,10-16,19,24H,3,8-9,17-18H2,(H2,28,29,31,33). The maximum atomic E-state index is 13.2. The average molecular weight is 458 g/mol. The predicted octanol–water partition coefficient (Wildman–Crippen LogP) is 4.96. The molecule has 0 spiro atoms. The molecule has 1 heterocycles. The third-order valence-electron chi connectivity index (χ3n) is 5.78. The molecule has 1 fully saturated rings. The van der Waals surface area contributed by atoms with Gasteiger partial charge in [0.25, 0.3) is 5.91 Å². The highest BCUT2D eigenvalue weighted by Gasteiger charge is 2.23. The van der Waals surface area contributed by atoms with Crippen LogP contribution in [-0.2, 0) is 4.79 Å². The first-order valence-corrected chi connectivity index (χ1v) is 11.6. The molecule has 0 radical (unpaired) electrons. The van der Waals surface area contributed by atoms with Crippen LogP contribution in [0.1, 0.15) is 46.7 Å². The van der Waals surface area contributed by atoms with Gasteiger partial charge in [0.1, 0.15) is 0 Å². The van der Waals surface area contributed by atoms with Crippen molar-refractivity contribution in [2.75, 3.05) is 18.4 Å². The molecule has 2 N–H and O–H groups in total. The van der Waals surface area contributed by atoms with Crippen LogP contribution >= 0.6 is 12.2 Å². The second-order valence-corrected chi connectivity index (χ2v) is 8.54. The Morgan fingerprint density at radius 2 is 1.39 bits per heavy atom. The number of piperidine rings is 1. The minimum absolute atomic E-state index is 0.0292. The molecule has 3 aromatic carbocycles. The summed E-state index contributed by atoms with van der Waals surface area (Å²) in [5.74, 6) is -0.675. The summed E-state index contributed by atoms with van der Waals surface area (Å²) < 4.78 is 0. The van der Waals surface area contributed by atoms with Crippen LogP contribution in [0.25, 0.3) is 0 Å². The fourth-order valence-corrected chi connectivity index (χ4v) is 4.36. The maximum absolute atomic E-state index is 13.2. The first-order valence-electron chi connectivity index (χ1n) is 11.2. The van der Waals surface area contributed by atoms with Crippen molar-refractivity contribution >= 4 is 34.8 Å². The molecule has 0 saturated carbocycles. The van der Waals surface area contributed by atoms with E-state index in [0.717, 1.165) is 37.1 Å². The van der Waals surface area contributed by atoms with Crippen LogP contribution in [0.2, 0.25) is 0 Å². The number of carbonyl (C=O) groups is 2. The molecule has 3 aromatic rings. The van der Waals surface area contributed by atoms with E-state index < -0.39 is 5.92 Å². The third-order valence-corrected chi connectivity index (χ3v) is 5.98. The van der Waals surface area contributed by atoms with Crippen molar-refractivity contribution in [1.82, 2.24) is 10.2 Å². The lowest BCUT2D eigenvalue weighted by atomic mass is 9.90. The van der Waals surface area contributed by atoms with E-state index >= 15 is 0 Å². The molecule has 6 heteroatoms. The molecule has 4 rings (SSSR count). The van der Waals surface area contributed by atoms with Crippen molar-refractivity contribution in [1.29, 1.82) is 0 Å². The average Bonchev–Trinajstić information content (AvgIpc) is 2.85. The van der Waals surface area contributed by atoms with Gasteiger partial charge in [0, 0.05) is 24.3 Å².